The van der Waals surface area contributed by atoms with Gasteiger partial charge in [0.15, 0.2) is 0 Å². The lowest BCUT2D eigenvalue weighted by molar-refractivity contribution is 0.265. The molecule has 0 fully saturated rings. The summed E-state index contributed by atoms with van der Waals surface area (Å²) >= 11 is 0. The first-order valence-corrected chi connectivity index (χ1v) is 8.85. The molecule has 1 atom stereocenters. The lowest BCUT2D eigenvalue weighted by Gasteiger charge is -2.18. The third-order valence-electron chi connectivity index (χ3n) is 2.19. The minimum absolute atomic E-state index is 0.275. The van der Waals surface area contributed by atoms with Crippen molar-refractivity contribution >= 4 is 17.2 Å². The van der Waals surface area contributed by atoms with Crippen molar-refractivity contribution in [2.45, 2.75) is 25.3 Å². The Balaban J connectivity index is 3.53. The third kappa shape index (κ3) is 6.61. The zero-order chi connectivity index (χ0) is 10.3. The molecule has 4 heteroatoms. The molecule has 0 saturated heterocycles. The highest BCUT2D eigenvalue weighted by Gasteiger charge is 2.18. The standard InChI is InChI=1S/C9H23O2PSi/c1-9(13(10-2)11-3)7-6-8-12(4)5/h9,13H,6-8H2,1-5H3. The number of hydrogen-bond acceptors (Lipinski definition) is 2. The molecular weight excluding hydrogens is 199 g/mol. The first-order valence-electron chi connectivity index (χ1n) is 4.82. The quantitative estimate of drug-likeness (QED) is 0.486. The molecule has 0 heterocycles. The highest BCUT2D eigenvalue weighted by molar-refractivity contribution is 7.55. The Morgan fingerprint density at radius 1 is 1.23 bits per heavy atom. The van der Waals surface area contributed by atoms with E-state index in [1.165, 1.54) is 19.0 Å². The summed E-state index contributed by atoms with van der Waals surface area (Å²) in [6.07, 6.45) is 3.98. The lowest BCUT2D eigenvalue weighted by Crippen LogP contribution is -2.24. The van der Waals surface area contributed by atoms with Crippen LogP contribution in [0.5, 0.6) is 0 Å². The maximum atomic E-state index is 5.34. The van der Waals surface area contributed by atoms with Crippen LogP contribution in [0.2, 0.25) is 5.54 Å². The second kappa shape index (κ2) is 7.92. The maximum Gasteiger partial charge on any atom is 0.323 e. The van der Waals surface area contributed by atoms with Gasteiger partial charge in [-0.1, -0.05) is 6.92 Å². The van der Waals surface area contributed by atoms with Gasteiger partial charge in [0, 0.05) is 14.2 Å². The molecule has 13 heavy (non-hydrogen) atoms. The Kier molecular flexibility index (Phi) is 8.27. The molecule has 0 amide bonds. The summed E-state index contributed by atoms with van der Waals surface area (Å²) in [6.45, 7) is 6.92. The summed E-state index contributed by atoms with van der Waals surface area (Å²) in [7, 11) is 2.47. The molecule has 0 rings (SSSR count). The van der Waals surface area contributed by atoms with Gasteiger partial charge in [0.2, 0.25) is 0 Å². The zero-order valence-corrected chi connectivity index (χ0v) is 11.6. The molecule has 0 bridgehead atoms. The van der Waals surface area contributed by atoms with Crippen LogP contribution in [0.3, 0.4) is 0 Å². The van der Waals surface area contributed by atoms with Crippen LogP contribution in [-0.4, -0.2) is 43.0 Å². The van der Waals surface area contributed by atoms with Gasteiger partial charge in [0.25, 0.3) is 0 Å². The summed E-state index contributed by atoms with van der Waals surface area (Å²) in [5.41, 5.74) is 0.643. The minimum Gasteiger partial charge on any atom is -0.400 e. The molecule has 0 N–H and O–H groups in total. The lowest BCUT2D eigenvalue weighted by atomic mass is 10.3. The van der Waals surface area contributed by atoms with Crippen molar-refractivity contribution in [2.24, 2.45) is 0 Å². The van der Waals surface area contributed by atoms with Gasteiger partial charge in [-0.2, -0.15) is 0 Å². The van der Waals surface area contributed by atoms with Crippen LogP contribution in [0.1, 0.15) is 19.8 Å². The third-order valence-corrected chi connectivity index (χ3v) is 5.60. The Labute approximate surface area is 85.6 Å². The van der Waals surface area contributed by atoms with E-state index in [4.69, 9.17) is 8.85 Å². The van der Waals surface area contributed by atoms with Crippen LogP contribution < -0.4 is 0 Å². The van der Waals surface area contributed by atoms with E-state index in [1.807, 2.05) is 0 Å². The fourth-order valence-electron chi connectivity index (χ4n) is 1.43. The van der Waals surface area contributed by atoms with Crippen LogP contribution in [0, 0.1) is 0 Å². The van der Waals surface area contributed by atoms with Crippen molar-refractivity contribution in [3.63, 3.8) is 0 Å². The monoisotopic (exact) mass is 222 g/mol. The minimum atomic E-state index is -1.34. The van der Waals surface area contributed by atoms with E-state index < -0.39 is 9.28 Å². The fourth-order valence-corrected chi connectivity index (χ4v) is 3.87. The van der Waals surface area contributed by atoms with Crippen molar-refractivity contribution < 1.29 is 8.85 Å². The molecule has 0 radical (unpaired) electrons. The molecule has 2 nitrogen and oxygen atoms in total. The van der Waals surface area contributed by atoms with Gasteiger partial charge in [-0.25, -0.2) is 0 Å². The van der Waals surface area contributed by atoms with E-state index in [0.717, 1.165) is 0 Å². The smallest absolute Gasteiger partial charge is 0.323 e. The summed E-state index contributed by atoms with van der Waals surface area (Å²) in [5, 5.41) is 0. The number of hydrogen-bond donors (Lipinski definition) is 0. The Bertz CT molecular complexity index is 118. The van der Waals surface area contributed by atoms with Gasteiger partial charge in [-0.15, -0.1) is 7.92 Å². The number of rotatable bonds is 7. The summed E-state index contributed by atoms with van der Waals surface area (Å²) in [4.78, 5) is 0. The fraction of sp³-hybridized carbons (Fsp3) is 1.00. The van der Waals surface area contributed by atoms with Gasteiger partial charge in [0.05, 0.1) is 0 Å². The largest absolute Gasteiger partial charge is 0.400 e. The zero-order valence-electron chi connectivity index (χ0n) is 9.54. The second-order valence-corrected chi connectivity index (χ2v) is 9.19. The molecule has 0 aliphatic carbocycles. The van der Waals surface area contributed by atoms with Crippen LogP contribution >= 0.6 is 7.92 Å². The van der Waals surface area contributed by atoms with Crippen LogP contribution in [-0.2, 0) is 8.85 Å². The molecule has 0 spiro atoms. The Morgan fingerprint density at radius 2 is 1.77 bits per heavy atom. The first kappa shape index (κ1) is 13.6. The van der Waals surface area contributed by atoms with Crippen molar-refractivity contribution in [2.75, 3.05) is 33.7 Å². The van der Waals surface area contributed by atoms with E-state index >= 15 is 0 Å². The molecule has 1 unspecified atom stereocenters. The normalized spacial score (nSPS) is 14.1. The van der Waals surface area contributed by atoms with Crippen molar-refractivity contribution in [1.82, 2.24) is 0 Å². The highest BCUT2D eigenvalue weighted by Crippen LogP contribution is 2.28. The van der Waals surface area contributed by atoms with Gasteiger partial charge >= 0.3 is 9.28 Å². The molecule has 0 aromatic carbocycles. The van der Waals surface area contributed by atoms with Crippen LogP contribution in [0.25, 0.3) is 0 Å². The molecule has 0 aromatic rings. The van der Waals surface area contributed by atoms with Crippen molar-refractivity contribution in [3.8, 4) is 0 Å². The predicted octanol–water partition coefficient (Wildman–Crippen LogP) is 2.41. The molecule has 0 aliphatic rings. The van der Waals surface area contributed by atoms with E-state index in [-0.39, 0.29) is 7.92 Å². The van der Waals surface area contributed by atoms with Crippen LogP contribution in [0.4, 0.5) is 0 Å². The van der Waals surface area contributed by atoms with Crippen molar-refractivity contribution in [1.29, 1.82) is 0 Å². The van der Waals surface area contributed by atoms with Gasteiger partial charge < -0.3 is 8.85 Å². The van der Waals surface area contributed by atoms with E-state index in [2.05, 4.69) is 20.3 Å². The highest BCUT2D eigenvalue weighted by atomic mass is 31.1. The van der Waals surface area contributed by atoms with Gasteiger partial charge in [-0.05, 0) is 37.9 Å². The molecule has 80 valence electrons. The predicted molar refractivity (Wildman–Crippen MR) is 63.5 cm³/mol. The van der Waals surface area contributed by atoms with Crippen molar-refractivity contribution in [3.05, 3.63) is 0 Å². The van der Waals surface area contributed by atoms with E-state index in [1.54, 1.807) is 14.2 Å². The van der Waals surface area contributed by atoms with Gasteiger partial charge in [-0.3, -0.25) is 0 Å². The van der Waals surface area contributed by atoms with Gasteiger partial charge in [0.1, 0.15) is 0 Å². The Hall–Kier alpha value is 0.567. The maximum absolute atomic E-state index is 5.34. The SMILES string of the molecule is CO[SiH](OC)C(C)CCCP(C)C. The molecular formula is C9H23O2PSi. The first-order chi connectivity index (χ1) is 6.11. The topological polar surface area (TPSA) is 18.5 Å². The average molecular weight is 222 g/mol. The Morgan fingerprint density at radius 3 is 2.15 bits per heavy atom. The summed E-state index contributed by atoms with van der Waals surface area (Å²) < 4.78 is 10.7. The summed E-state index contributed by atoms with van der Waals surface area (Å²) in [6, 6.07) is 0. The molecule has 0 saturated carbocycles. The summed E-state index contributed by atoms with van der Waals surface area (Å²) in [5.74, 6) is 0. The average Bonchev–Trinajstić information content (AvgIpc) is 2.05. The second-order valence-electron chi connectivity index (χ2n) is 3.76. The van der Waals surface area contributed by atoms with E-state index in [9.17, 15) is 0 Å². The van der Waals surface area contributed by atoms with E-state index in [0.29, 0.717) is 5.54 Å². The molecule has 0 aromatic heterocycles. The molecule has 0 aliphatic heterocycles. The van der Waals surface area contributed by atoms with Crippen LogP contribution in [0.15, 0.2) is 0 Å².